The van der Waals surface area contributed by atoms with Gasteiger partial charge in [-0.05, 0) is 183 Å². The second-order valence-corrected chi connectivity index (χ2v) is 37.5. The third kappa shape index (κ3) is 12.7. The molecule has 0 unspecified atom stereocenters. The van der Waals surface area contributed by atoms with Crippen LogP contribution in [0.25, 0.3) is 81.2 Å². The molecule has 0 radical (unpaired) electrons. The summed E-state index contributed by atoms with van der Waals surface area (Å²) in [6.45, 7) is 56.9. The molecule has 1 aliphatic heterocycles. The van der Waals surface area contributed by atoms with Gasteiger partial charge in [0.2, 0.25) is 0 Å². The maximum Gasteiger partial charge on any atom is 0.137 e. The van der Waals surface area contributed by atoms with Crippen molar-refractivity contribution in [3.63, 3.8) is 0 Å². The number of hydrogen-bond donors (Lipinski definition) is 0. The van der Waals surface area contributed by atoms with Crippen molar-refractivity contribution in [1.82, 2.24) is 9.55 Å². The minimum atomic E-state index is -0.179. The van der Waals surface area contributed by atoms with Gasteiger partial charge in [0.15, 0.2) is 0 Å². The van der Waals surface area contributed by atoms with E-state index in [1.165, 1.54) is 109 Å². The number of ether oxygens (including phenoxy) is 1. The Labute approximate surface area is 590 Å². The molecule has 9 aromatic carbocycles. The van der Waals surface area contributed by atoms with Gasteiger partial charge in [-0.25, -0.2) is 4.98 Å². The molecule has 0 atom stereocenters. The summed E-state index contributed by atoms with van der Waals surface area (Å²) < 4.78 is 12.5. The molecule has 0 spiro atoms. The molecule has 0 amide bonds. The highest BCUT2D eigenvalue weighted by molar-refractivity contribution is 7.26. The second kappa shape index (κ2) is 23.6. The standard InChI is InChI=1S/C92H104N4OS/c1-85(2,3)59-40-41-93-80(52-59)96-77-39-38-69-68-30-25-28-35-79(68)98-84(69)82(77)70-37-36-66(54-78(70)96)97-67-47-58(81-73(91(19,20)21)31-29-32-74(81)92(22,23)24)46-65(53-67)94-55-95(76-34-27-26-33-75(76)94)83-71(56-42-60(86(4,5)6)48-61(43-56)87(7,8)9)50-64(90(16,17)18)51-72(83)57-44-62(88(10,11)12)49-63(45-57)89(13,14)15/h25-54H,55H2,1-24H3. The highest BCUT2D eigenvalue weighted by Crippen LogP contribution is 2.55. The first-order valence-corrected chi connectivity index (χ1v) is 36.4. The largest absolute Gasteiger partial charge is 0.457 e. The molecule has 0 N–H and O–H groups in total. The van der Waals surface area contributed by atoms with Crippen LogP contribution in [0.15, 0.2) is 182 Å². The first-order chi connectivity index (χ1) is 45.6. The number of para-hydroxylation sites is 2. The lowest BCUT2D eigenvalue weighted by Crippen LogP contribution is -2.26. The Morgan fingerprint density at radius 3 is 1.40 bits per heavy atom. The van der Waals surface area contributed by atoms with Crippen molar-refractivity contribution < 1.29 is 4.74 Å². The molecule has 4 heterocycles. The van der Waals surface area contributed by atoms with Gasteiger partial charge in [0.1, 0.15) is 24.0 Å². The molecule has 3 aromatic heterocycles. The van der Waals surface area contributed by atoms with Gasteiger partial charge < -0.3 is 14.5 Å². The van der Waals surface area contributed by atoms with Crippen molar-refractivity contribution in [2.75, 3.05) is 16.5 Å². The van der Waals surface area contributed by atoms with Gasteiger partial charge in [-0.2, -0.15) is 0 Å². The lowest BCUT2D eigenvalue weighted by molar-refractivity contribution is 0.483. The van der Waals surface area contributed by atoms with Crippen molar-refractivity contribution in [1.29, 1.82) is 0 Å². The van der Waals surface area contributed by atoms with Gasteiger partial charge in [0.05, 0.1) is 28.1 Å². The number of rotatable bonds is 8. The Kier molecular flexibility index (Phi) is 16.4. The van der Waals surface area contributed by atoms with E-state index in [0.717, 1.165) is 51.0 Å². The monoisotopic (exact) mass is 1310 g/mol. The summed E-state index contributed by atoms with van der Waals surface area (Å²) in [5.41, 5.74) is 23.4. The molecule has 0 aliphatic carbocycles. The van der Waals surface area contributed by atoms with Crippen LogP contribution in [0.5, 0.6) is 11.5 Å². The highest BCUT2D eigenvalue weighted by Gasteiger charge is 2.36. The number of thiophene rings is 1. The lowest BCUT2D eigenvalue weighted by Gasteiger charge is -2.33. The number of aromatic nitrogens is 2. The van der Waals surface area contributed by atoms with Gasteiger partial charge in [-0.1, -0.05) is 257 Å². The highest BCUT2D eigenvalue weighted by atomic mass is 32.1. The average molecular weight is 1310 g/mol. The van der Waals surface area contributed by atoms with E-state index >= 15 is 0 Å². The van der Waals surface area contributed by atoms with Gasteiger partial charge in [0.25, 0.3) is 0 Å². The summed E-state index contributed by atoms with van der Waals surface area (Å²) >= 11 is 1.87. The maximum atomic E-state index is 7.58. The molecule has 6 heteroatoms. The van der Waals surface area contributed by atoms with Crippen molar-refractivity contribution in [2.24, 2.45) is 0 Å². The van der Waals surface area contributed by atoms with Crippen molar-refractivity contribution in [3.8, 4) is 50.7 Å². The number of nitrogens with zero attached hydrogens (tertiary/aromatic N) is 4. The van der Waals surface area contributed by atoms with Gasteiger partial charge in [-0.15, -0.1) is 11.3 Å². The van der Waals surface area contributed by atoms with Gasteiger partial charge >= 0.3 is 0 Å². The van der Waals surface area contributed by atoms with E-state index in [-0.39, 0.29) is 43.3 Å². The summed E-state index contributed by atoms with van der Waals surface area (Å²) in [4.78, 5) is 10.4. The van der Waals surface area contributed by atoms with Crippen LogP contribution in [0, 0.1) is 0 Å². The van der Waals surface area contributed by atoms with Crippen LogP contribution < -0.4 is 14.5 Å². The number of fused-ring (bicyclic) bond motifs is 8. The molecule has 13 rings (SSSR count). The zero-order valence-corrected chi connectivity index (χ0v) is 63.9. The fraction of sp³-hybridized carbons (Fsp3) is 0.359. The first kappa shape index (κ1) is 68.1. The summed E-state index contributed by atoms with van der Waals surface area (Å²) in [5.74, 6) is 2.40. The molecule has 0 bridgehead atoms. The molecular weight excluding hydrogens is 1210 g/mol. The SMILES string of the molecule is CC(C)(C)c1cc(-c2cc(C(C)(C)C)cc(-c3cc(C(C)(C)C)cc(C(C)(C)C)c3)c2N2CN(c3cc(Oc4ccc5c6c7sc8ccccc8c7ccc6n(-c6cc(C(C)(C)C)ccn6)c5c4)cc(-c4c(C(C)(C)C)cccc4C(C)(C)C)c3)c3ccccc32)cc(C(C)(C)C)c1. The zero-order chi connectivity index (χ0) is 70.5. The molecule has 5 nitrogen and oxygen atoms in total. The van der Waals surface area contributed by atoms with Crippen LogP contribution >= 0.6 is 11.3 Å². The number of hydrogen-bond acceptors (Lipinski definition) is 5. The van der Waals surface area contributed by atoms with Crippen molar-refractivity contribution >= 4 is 76.1 Å². The summed E-state index contributed by atoms with van der Waals surface area (Å²) in [7, 11) is 0. The summed E-state index contributed by atoms with van der Waals surface area (Å²) in [5, 5.41) is 4.95. The van der Waals surface area contributed by atoms with E-state index in [1.807, 2.05) is 17.5 Å². The first-order valence-electron chi connectivity index (χ1n) is 35.6. The van der Waals surface area contributed by atoms with Gasteiger partial charge in [-0.3, -0.25) is 4.57 Å². The van der Waals surface area contributed by atoms with Crippen LogP contribution in [0.3, 0.4) is 0 Å². The molecule has 0 fully saturated rings. The van der Waals surface area contributed by atoms with Crippen molar-refractivity contribution in [2.45, 2.75) is 209 Å². The normalized spacial score (nSPS) is 13.8. The van der Waals surface area contributed by atoms with E-state index in [1.54, 1.807) is 0 Å². The smallest absolute Gasteiger partial charge is 0.137 e. The quantitative estimate of drug-likeness (QED) is 0.152. The van der Waals surface area contributed by atoms with Crippen molar-refractivity contribution in [3.05, 3.63) is 227 Å². The fourth-order valence-electron chi connectivity index (χ4n) is 14.5. The van der Waals surface area contributed by atoms with E-state index in [0.29, 0.717) is 6.67 Å². The van der Waals surface area contributed by atoms with E-state index in [2.05, 4.69) is 356 Å². The minimum absolute atomic E-state index is 0.0819. The predicted molar refractivity (Wildman–Crippen MR) is 426 cm³/mol. The third-order valence-corrected chi connectivity index (χ3v) is 21.6. The topological polar surface area (TPSA) is 33.5 Å². The van der Waals surface area contributed by atoms with Crippen LogP contribution in [-0.4, -0.2) is 16.2 Å². The molecule has 0 saturated heterocycles. The number of pyridine rings is 1. The third-order valence-electron chi connectivity index (χ3n) is 20.4. The lowest BCUT2D eigenvalue weighted by atomic mass is 9.74. The summed E-state index contributed by atoms with van der Waals surface area (Å²) in [6.07, 6.45) is 1.97. The maximum absolute atomic E-state index is 7.58. The van der Waals surface area contributed by atoms with Crippen LogP contribution in [0.4, 0.5) is 22.7 Å². The Morgan fingerprint density at radius 2 is 0.867 bits per heavy atom. The number of benzene rings is 9. The van der Waals surface area contributed by atoms with E-state index in [9.17, 15) is 0 Å². The van der Waals surface area contributed by atoms with Crippen LogP contribution in [0.1, 0.15) is 211 Å². The molecule has 1 aliphatic rings. The molecule has 12 aromatic rings. The van der Waals surface area contributed by atoms with Crippen LogP contribution in [-0.2, 0) is 43.3 Å². The Morgan fingerprint density at radius 1 is 0.367 bits per heavy atom. The van der Waals surface area contributed by atoms with Crippen LogP contribution in [0.2, 0.25) is 0 Å². The molecular formula is C92H104N4OS. The summed E-state index contributed by atoms with van der Waals surface area (Å²) in [6, 6.07) is 67.7. The molecule has 504 valence electrons. The fourth-order valence-corrected chi connectivity index (χ4v) is 15.8. The Bertz CT molecular complexity index is 4930. The van der Waals surface area contributed by atoms with E-state index in [4.69, 9.17) is 9.72 Å². The second-order valence-electron chi connectivity index (χ2n) is 36.4. The Balaban J connectivity index is 1.07. The molecule has 0 saturated carbocycles. The zero-order valence-electron chi connectivity index (χ0n) is 63.1. The van der Waals surface area contributed by atoms with E-state index < -0.39 is 0 Å². The Hall–Kier alpha value is -8.45. The number of anilines is 4. The predicted octanol–water partition coefficient (Wildman–Crippen LogP) is 27.0. The average Bonchev–Trinajstić information content (AvgIpc) is 1.53. The van der Waals surface area contributed by atoms with Gasteiger partial charge in [0, 0.05) is 66.1 Å². The molecule has 98 heavy (non-hydrogen) atoms. The minimum Gasteiger partial charge on any atom is -0.457 e.